The van der Waals surface area contributed by atoms with Crippen LogP contribution in [-0.2, 0) is 26.0 Å². The van der Waals surface area contributed by atoms with Gasteiger partial charge >= 0.3 is 0 Å². The number of benzene rings is 2. The summed E-state index contributed by atoms with van der Waals surface area (Å²) in [6.45, 7) is 3.95. The van der Waals surface area contributed by atoms with Gasteiger partial charge in [0.1, 0.15) is 22.9 Å². The lowest BCUT2D eigenvalue weighted by molar-refractivity contribution is -0.168. The van der Waals surface area contributed by atoms with Gasteiger partial charge in [0.05, 0.1) is 13.7 Å². The van der Waals surface area contributed by atoms with Crippen molar-refractivity contribution in [1.29, 1.82) is 0 Å². The number of carbonyl (C=O) groups excluding carboxylic acids is 2. The predicted molar refractivity (Wildman–Crippen MR) is 135 cm³/mol. The molecule has 8 nitrogen and oxygen atoms in total. The lowest BCUT2D eigenvalue weighted by Gasteiger charge is -2.53. The summed E-state index contributed by atoms with van der Waals surface area (Å²) in [6.07, 6.45) is 0.726. The van der Waals surface area contributed by atoms with Crippen molar-refractivity contribution in [2.75, 3.05) is 20.2 Å². The summed E-state index contributed by atoms with van der Waals surface area (Å²) in [5.41, 5.74) is 2.23. The van der Waals surface area contributed by atoms with E-state index in [-0.39, 0.29) is 59.0 Å². The van der Waals surface area contributed by atoms with E-state index in [0.717, 1.165) is 18.4 Å². The van der Waals surface area contributed by atoms with Crippen LogP contribution in [0.4, 0.5) is 0 Å². The Morgan fingerprint density at radius 2 is 1.83 bits per heavy atom. The zero-order valence-electron chi connectivity index (χ0n) is 20.6. The van der Waals surface area contributed by atoms with Crippen LogP contribution in [0.1, 0.15) is 43.7 Å². The van der Waals surface area contributed by atoms with Gasteiger partial charge in [-0.05, 0) is 56.0 Å². The lowest BCUT2D eigenvalue weighted by Crippen LogP contribution is -2.72. The Bertz CT molecular complexity index is 1310. The molecule has 0 radical (unpaired) electrons. The molecule has 0 saturated carbocycles. The number of hydrogen-bond acceptors (Lipinski definition) is 5. The molecule has 2 aromatic rings. The van der Waals surface area contributed by atoms with Crippen LogP contribution >= 0.6 is 11.6 Å². The number of carbonyl (C=O) groups is 2. The van der Waals surface area contributed by atoms with E-state index in [4.69, 9.17) is 16.3 Å². The maximum atomic E-state index is 14.0. The minimum absolute atomic E-state index is 0.00155. The van der Waals surface area contributed by atoms with E-state index in [2.05, 4.69) is 6.07 Å². The molecule has 2 fully saturated rings. The molecule has 5 rings (SSSR count). The number of ether oxygens (including phenoxy) is 1. The standard InChI is InChI=1S/C26H30ClN3O5S/c1-16(2)28-15-23-29(36(33,34)22-14-18(27)9-11-21(22)35-3)13-12-24(31)30(23)25(26(28)32)20-10-8-17-6-4-5-7-19(17)20/h4-7,9,11,14,16,20,23,25H,8,10,12-13,15H2,1-3H3. The van der Waals surface area contributed by atoms with Crippen molar-refractivity contribution < 1.29 is 22.7 Å². The molecule has 1 aliphatic carbocycles. The number of fused-ring (bicyclic) bond motifs is 2. The van der Waals surface area contributed by atoms with Crippen LogP contribution in [0.3, 0.4) is 0 Å². The molecule has 2 saturated heterocycles. The molecule has 0 aromatic heterocycles. The molecule has 0 spiro atoms. The summed E-state index contributed by atoms with van der Waals surface area (Å²) < 4.78 is 34.7. The number of hydrogen-bond donors (Lipinski definition) is 0. The molecule has 36 heavy (non-hydrogen) atoms. The van der Waals surface area contributed by atoms with Crippen molar-refractivity contribution in [3.05, 3.63) is 58.6 Å². The summed E-state index contributed by atoms with van der Waals surface area (Å²) in [5, 5.41) is 0.266. The van der Waals surface area contributed by atoms with Crippen LogP contribution in [0.5, 0.6) is 5.75 Å². The molecule has 192 valence electrons. The number of methoxy groups -OCH3 is 1. The summed E-state index contributed by atoms with van der Waals surface area (Å²) in [6, 6.07) is 11.5. The molecule has 2 heterocycles. The minimum Gasteiger partial charge on any atom is -0.495 e. The molecule has 2 amide bonds. The first kappa shape index (κ1) is 25.0. The van der Waals surface area contributed by atoms with Gasteiger partial charge in [-0.3, -0.25) is 9.59 Å². The van der Waals surface area contributed by atoms with Gasteiger partial charge in [0.15, 0.2) is 0 Å². The first-order valence-electron chi connectivity index (χ1n) is 12.2. The van der Waals surface area contributed by atoms with E-state index < -0.39 is 22.2 Å². The quantitative estimate of drug-likeness (QED) is 0.591. The zero-order valence-corrected chi connectivity index (χ0v) is 22.1. The summed E-state index contributed by atoms with van der Waals surface area (Å²) in [4.78, 5) is 30.5. The number of nitrogens with zero attached hydrogens (tertiary/aromatic N) is 3. The van der Waals surface area contributed by atoms with Crippen molar-refractivity contribution in [2.24, 2.45) is 0 Å². The van der Waals surface area contributed by atoms with E-state index in [0.29, 0.717) is 0 Å². The van der Waals surface area contributed by atoms with Crippen molar-refractivity contribution in [2.45, 2.75) is 62.2 Å². The van der Waals surface area contributed by atoms with Gasteiger partial charge in [0.2, 0.25) is 21.8 Å². The smallest absolute Gasteiger partial charge is 0.248 e. The van der Waals surface area contributed by atoms with Crippen LogP contribution < -0.4 is 4.74 Å². The first-order valence-corrected chi connectivity index (χ1v) is 14.0. The fraction of sp³-hybridized carbons (Fsp3) is 0.462. The maximum absolute atomic E-state index is 14.0. The number of halogens is 1. The van der Waals surface area contributed by atoms with Crippen LogP contribution in [0.25, 0.3) is 0 Å². The van der Waals surface area contributed by atoms with Gasteiger partial charge in [-0.15, -0.1) is 0 Å². The molecular formula is C26H30ClN3O5S. The molecular weight excluding hydrogens is 502 g/mol. The predicted octanol–water partition coefficient (Wildman–Crippen LogP) is 3.25. The third kappa shape index (κ3) is 3.97. The second-order valence-electron chi connectivity index (χ2n) is 9.82. The van der Waals surface area contributed by atoms with Gasteiger partial charge in [-0.1, -0.05) is 35.9 Å². The fourth-order valence-corrected chi connectivity index (χ4v) is 7.86. The third-order valence-electron chi connectivity index (χ3n) is 7.58. The van der Waals surface area contributed by atoms with Gasteiger partial charge in [-0.25, -0.2) is 8.42 Å². The Balaban J connectivity index is 1.61. The van der Waals surface area contributed by atoms with Crippen LogP contribution in [0.2, 0.25) is 5.02 Å². The molecule has 2 aromatic carbocycles. The van der Waals surface area contributed by atoms with Crippen LogP contribution in [0.15, 0.2) is 47.4 Å². The summed E-state index contributed by atoms with van der Waals surface area (Å²) in [5.74, 6) is -0.340. The maximum Gasteiger partial charge on any atom is 0.248 e. The Morgan fingerprint density at radius 1 is 1.08 bits per heavy atom. The highest BCUT2D eigenvalue weighted by atomic mass is 35.5. The Labute approximate surface area is 216 Å². The van der Waals surface area contributed by atoms with Crippen molar-refractivity contribution in [3.8, 4) is 5.75 Å². The van der Waals surface area contributed by atoms with E-state index in [1.54, 1.807) is 15.9 Å². The van der Waals surface area contributed by atoms with Crippen LogP contribution in [0, 0.1) is 0 Å². The normalized spacial score (nSPS) is 24.8. The number of sulfonamides is 1. The molecule has 0 N–H and O–H groups in total. The van der Waals surface area contributed by atoms with Gasteiger partial charge in [0.25, 0.3) is 0 Å². The fourth-order valence-electron chi connectivity index (χ4n) is 5.87. The Kier molecular flexibility index (Phi) is 6.51. The highest BCUT2D eigenvalue weighted by Crippen LogP contribution is 2.43. The topological polar surface area (TPSA) is 87.2 Å². The average Bonchev–Trinajstić information content (AvgIpc) is 3.27. The molecule has 3 unspecified atom stereocenters. The monoisotopic (exact) mass is 531 g/mol. The highest BCUT2D eigenvalue weighted by molar-refractivity contribution is 7.89. The van der Waals surface area contributed by atoms with Crippen LogP contribution in [-0.4, -0.2) is 72.8 Å². The molecule has 2 aliphatic heterocycles. The molecule has 0 bridgehead atoms. The summed E-state index contributed by atoms with van der Waals surface area (Å²) in [7, 11) is -2.70. The van der Waals surface area contributed by atoms with Crippen molar-refractivity contribution >= 4 is 33.4 Å². The highest BCUT2D eigenvalue weighted by Gasteiger charge is 2.54. The average molecular weight is 532 g/mol. The molecule has 3 atom stereocenters. The van der Waals surface area contributed by atoms with E-state index in [1.807, 2.05) is 32.0 Å². The lowest BCUT2D eigenvalue weighted by atomic mass is 9.87. The Hall–Kier alpha value is -2.62. The van der Waals surface area contributed by atoms with Gasteiger partial charge < -0.3 is 14.5 Å². The summed E-state index contributed by atoms with van der Waals surface area (Å²) >= 11 is 6.16. The number of piperazine rings is 1. The third-order valence-corrected chi connectivity index (χ3v) is 9.73. The van der Waals surface area contributed by atoms with E-state index in [1.165, 1.54) is 29.1 Å². The number of amides is 2. The first-order chi connectivity index (χ1) is 17.1. The van der Waals surface area contributed by atoms with E-state index in [9.17, 15) is 18.0 Å². The van der Waals surface area contributed by atoms with Gasteiger partial charge in [-0.2, -0.15) is 4.31 Å². The second kappa shape index (κ2) is 9.36. The Morgan fingerprint density at radius 3 is 2.56 bits per heavy atom. The number of aryl methyl sites for hydroxylation is 1. The SMILES string of the molecule is COc1ccc(Cl)cc1S(=O)(=O)N1CCC(=O)N2C(C3CCc4ccccc43)C(=O)N(C(C)C)CC21. The van der Waals surface area contributed by atoms with Crippen molar-refractivity contribution in [1.82, 2.24) is 14.1 Å². The molecule has 3 aliphatic rings. The second-order valence-corrected chi connectivity index (χ2v) is 12.1. The van der Waals surface area contributed by atoms with E-state index >= 15 is 0 Å². The largest absolute Gasteiger partial charge is 0.495 e. The zero-order chi connectivity index (χ0) is 25.8. The minimum atomic E-state index is -4.10. The van der Waals surface area contributed by atoms with Gasteiger partial charge in [0, 0.05) is 29.9 Å². The van der Waals surface area contributed by atoms with Crippen molar-refractivity contribution in [3.63, 3.8) is 0 Å². The molecule has 10 heteroatoms. The number of rotatable bonds is 5.